The lowest BCUT2D eigenvalue weighted by atomic mass is 9.95. The molecule has 3 heterocycles. The molecular weight excluding hydrogens is 577 g/mol. The third-order valence-corrected chi connectivity index (χ3v) is 7.52. The molecule has 8 nitrogen and oxygen atoms in total. The molecule has 4 aromatic rings. The largest absolute Gasteiger partial charge is 0.369 e. The number of guanidine groups is 1. The summed E-state index contributed by atoms with van der Waals surface area (Å²) in [7, 11) is 0. The van der Waals surface area contributed by atoms with E-state index in [1.807, 2.05) is 4.90 Å². The van der Waals surface area contributed by atoms with Crippen LogP contribution in [0, 0.1) is 17.5 Å². The summed E-state index contributed by atoms with van der Waals surface area (Å²) in [5.41, 5.74) is 8.76. The van der Waals surface area contributed by atoms with E-state index in [1.54, 1.807) is 30.5 Å². The molecule has 1 aromatic heterocycles. The normalized spacial score (nSPS) is 18.4. The van der Waals surface area contributed by atoms with Crippen molar-refractivity contribution in [1.29, 1.82) is 0 Å². The first-order chi connectivity index (χ1) is 20.7. The van der Waals surface area contributed by atoms with E-state index in [0.717, 1.165) is 0 Å². The summed E-state index contributed by atoms with van der Waals surface area (Å²) in [6.45, 7) is 5.55. The number of anilines is 2. The molecule has 0 aliphatic carbocycles. The van der Waals surface area contributed by atoms with Crippen LogP contribution in [0.25, 0.3) is 11.3 Å². The van der Waals surface area contributed by atoms with E-state index in [4.69, 9.17) is 17.3 Å². The Hall–Kier alpha value is -4.48. The lowest BCUT2D eigenvalue weighted by Gasteiger charge is -2.36. The maximum Gasteiger partial charge on any atom is 0.227 e. The fourth-order valence-corrected chi connectivity index (χ4v) is 5.61. The fraction of sp³-hybridized carbons (Fsp3) is 0.226. The highest BCUT2D eigenvalue weighted by molar-refractivity contribution is 6.31. The third-order valence-electron chi connectivity index (χ3n) is 7.28. The van der Waals surface area contributed by atoms with Gasteiger partial charge in [-0.15, -0.1) is 0 Å². The van der Waals surface area contributed by atoms with Gasteiger partial charge >= 0.3 is 0 Å². The molecule has 0 spiro atoms. The molecular formula is C31H28ClF3N8. The summed E-state index contributed by atoms with van der Waals surface area (Å²) in [5.74, 6) is -1.59. The molecule has 6 rings (SSSR count). The predicted molar refractivity (Wildman–Crippen MR) is 163 cm³/mol. The first-order valence-corrected chi connectivity index (χ1v) is 14.1. The summed E-state index contributed by atoms with van der Waals surface area (Å²) < 4.78 is 44.7. The van der Waals surface area contributed by atoms with Crippen molar-refractivity contribution >= 4 is 40.6 Å². The van der Waals surface area contributed by atoms with Crippen LogP contribution in [0.3, 0.4) is 0 Å². The van der Waals surface area contributed by atoms with Crippen LogP contribution >= 0.6 is 11.6 Å². The monoisotopic (exact) mass is 604 g/mol. The van der Waals surface area contributed by atoms with Crippen molar-refractivity contribution in [3.63, 3.8) is 0 Å². The van der Waals surface area contributed by atoms with Gasteiger partial charge in [0.25, 0.3) is 0 Å². The number of rotatable bonds is 4. The molecule has 1 fully saturated rings. The van der Waals surface area contributed by atoms with E-state index in [2.05, 4.69) is 44.4 Å². The first-order valence-electron chi connectivity index (χ1n) is 13.7. The zero-order valence-corrected chi connectivity index (χ0v) is 24.1. The Bertz CT molecular complexity index is 1750. The van der Waals surface area contributed by atoms with Crippen LogP contribution in [-0.2, 0) is 6.54 Å². The molecule has 0 saturated carbocycles. The van der Waals surface area contributed by atoms with Gasteiger partial charge in [0.1, 0.15) is 17.3 Å². The van der Waals surface area contributed by atoms with Crippen molar-refractivity contribution in [2.24, 2.45) is 15.7 Å². The molecule has 0 amide bonds. The Morgan fingerprint density at radius 3 is 2.47 bits per heavy atom. The van der Waals surface area contributed by atoms with Crippen molar-refractivity contribution in [3.05, 3.63) is 100.0 Å². The Morgan fingerprint density at radius 2 is 1.74 bits per heavy atom. The highest BCUT2D eigenvalue weighted by Gasteiger charge is 2.26. The summed E-state index contributed by atoms with van der Waals surface area (Å²) in [5, 5.41) is 6.83. The molecule has 2 aliphatic heterocycles. The second-order valence-corrected chi connectivity index (χ2v) is 11.1. The van der Waals surface area contributed by atoms with Gasteiger partial charge in [0.2, 0.25) is 5.95 Å². The summed E-state index contributed by atoms with van der Waals surface area (Å²) in [6.07, 6.45) is 1.58. The highest BCUT2D eigenvalue weighted by Crippen LogP contribution is 2.35. The minimum Gasteiger partial charge on any atom is -0.369 e. The number of benzene rings is 3. The summed E-state index contributed by atoms with van der Waals surface area (Å²) >= 11 is 6.30. The number of nitrogens with one attached hydrogen (secondary N) is 2. The van der Waals surface area contributed by atoms with Gasteiger partial charge < -0.3 is 21.3 Å². The van der Waals surface area contributed by atoms with Gasteiger partial charge in [-0.05, 0) is 56.3 Å². The van der Waals surface area contributed by atoms with Crippen LogP contribution in [0.15, 0.2) is 70.8 Å². The second kappa shape index (κ2) is 11.7. The van der Waals surface area contributed by atoms with Gasteiger partial charge in [-0.1, -0.05) is 23.7 Å². The smallest absolute Gasteiger partial charge is 0.227 e. The first kappa shape index (κ1) is 28.6. The molecule has 1 saturated heterocycles. The Morgan fingerprint density at radius 1 is 1.00 bits per heavy atom. The number of piperazine rings is 1. The standard InChI is InChI=1S/C31H28ClF3N8/c1-16-14-43(15-17(2)39-16)30(36)41-26-9-7-20(11-25(26)35)40-31-38-13-18-12-37-29(27-23(33)4-3-5-24(27)34)22-10-19(32)6-8-21(22)28(18)42-31/h3-11,13,16-17,39H,12,14-15H2,1-2H3,(H2,36,41)(H,38,40,42). The van der Waals surface area contributed by atoms with Crippen LogP contribution in [0.2, 0.25) is 5.02 Å². The number of nitrogens with zero attached hydrogens (tertiary/aromatic N) is 5. The molecule has 0 radical (unpaired) electrons. The molecule has 2 unspecified atom stereocenters. The minimum absolute atomic E-state index is 0.0818. The molecule has 43 heavy (non-hydrogen) atoms. The average molecular weight is 605 g/mol. The number of aliphatic imine (C=N–C) groups is 2. The van der Waals surface area contributed by atoms with Crippen molar-refractivity contribution in [2.45, 2.75) is 32.5 Å². The van der Waals surface area contributed by atoms with Crippen molar-refractivity contribution in [2.75, 3.05) is 18.4 Å². The van der Waals surface area contributed by atoms with Gasteiger partial charge in [-0.25, -0.2) is 28.1 Å². The van der Waals surface area contributed by atoms with Crippen molar-refractivity contribution < 1.29 is 13.2 Å². The molecule has 2 atom stereocenters. The van der Waals surface area contributed by atoms with Crippen LogP contribution < -0.4 is 16.4 Å². The maximum atomic E-state index is 15.1. The van der Waals surface area contributed by atoms with Crippen molar-refractivity contribution in [3.8, 4) is 11.3 Å². The van der Waals surface area contributed by atoms with Gasteiger partial charge in [-0.3, -0.25) is 4.99 Å². The third kappa shape index (κ3) is 5.91. The van der Waals surface area contributed by atoms with Crippen LogP contribution in [0.5, 0.6) is 0 Å². The lowest BCUT2D eigenvalue weighted by Crippen LogP contribution is -2.57. The fourth-order valence-electron chi connectivity index (χ4n) is 5.43. The molecule has 12 heteroatoms. The van der Waals surface area contributed by atoms with E-state index >= 15 is 4.39 Å². The van der Waals surface area contributed by atoms with E-state index in [-0.39, 0.29) is 47.5 Å². The summed E-state index contributed by atoms with van der Waals surface area (Å²) in [6, 6.07) is 13.6. The Labute approximate surface area is 251 Å². The topological polar surface area (TPSA) is 104 Å². The van der Waals surface area contributed by atoms with Crippen LogP contribution in [0.1, 0.15) is 30.5 Å². The van der Waals surface area contributed by atoms with Crippen LogP contribution in [0.4, 0.5) is 30.5 Å². The zero-order chi connectivity index (χ0) is 30.2. The number of nitrogens with two attached hydrogens (primary N) is 1. The highest BCUT2D eigenvalue weighted by atomic mass is 35.5. The molecule has 0 bridgehead atoms. The van der Waals surface area contributed by atoms with E-state index < -0.39 is 17.5 Å². The number of hydrogen-bond acceptors (Lipinski definition) is 6. The molecule has 4 N–H and O–H groups in total. The number of fused-ring (bicyclic) bond motifs is 3. The van der Waals surface area contributed by atoms with Gasteiger partial charge in [0.15, 0.2) is 11.8 Å². The number of hydrogen-bond donors (Lipinski definition) is 3. The van der Waals surface area contributed by atoms with Crippen LogP contribution in [-0.4, -0.2) is 51.7 Å². The quantitative estimate of drug-likeness (QED) is 0.197. The zero-order valence-electron chi connectivity index (χ0n) is 23.4. The minimum atomic E-state index is -0.738. The van der Waals surface area contributed by atoms with Gasteiger partial charge in [-0.2, -0.15) is 0 Å². The van der Waals surface area contributed by atoms with E-state index in [1.165, 1.54) is 30.3 Å². The molecule has 3 aromatic carbocycles. The lowest BCUT2D eigenvalue weighted by molar-refractivity contribution is 0.253. The number of aromatic nitrogens is 2. The maximum absolute atomic E-state index is 15.1. The van der Waals surface area contributed by atoms with Gasteiger partial charge in [0.05, 0.1) is 23.5 Å². The Kier molecular flexibility index (Phi) is 7.76. The molecule has 2 aliphatic rings. The number of halogens is 4. The van der Waals surface area contributed by atoms with Crippen molar-refractivity contribution in [1.82, 2.24) is 20.2 Å². The average Bonchev–Trinajstić information content (AvgIpc) is 3.10. The van der Waals surface area contributed by atoms with E-state index in [9.17, 15) is 8.78 Å². The summed E-state index contributed by atoms with van der Waals surface area (Å²) in [4.78, 5) is 19.9. The van der Waals surface area contributed by atoms with Gasteiger partial charge in [0, 0.05) is 58.8 Å². The van der Waals surface area contributed by atoms with E-state index in [0.29, 0.717) is 46.2 Å². The Balaban J connectivity index is 1.29. The second-order valence-electron chi connectivity index (χ2n) is 10.7. The predicted octanol–water partition coefficient (Wildman–Crippen LogP) is 5.94. The SMILES string of the molecule is CC1CN(C(N)=Nc2ccc(Nc3ncc4c(n3)-c3ccc(Cl)cc3C(c3c(F)cccc3F)=NC4)cc2F)CC(C)N1. The molecule has 220 valence electrons.